The largest absolute Gasteiger partial charge is 0.459 e. The highest BCUT2D eigenvalue weighted by atomic mass is 35.5. The predicted molar refractivity (Wildman–Crippen MR) is 133 cm³/mol. The van der Waals surface area contributed by atoms with Crippen LogP contribution < -0.4 is 10.6 Å². The first kappa shape index (κ1) is 21.8. The first-order valence-electron chi connectivity index (χ1n) is 12.6. The van der Waals surface area contributed by atoms with Gasteiger partial charge < -0.3 is 19.8 Å². The van der Waals surface area contributed by atoms with Crippen molar-refractivity contribution >= 4 is 28.3 Å². The molecule has 3 fully saturated rings. The average molecular weight is 471 g/mol. The maximum Gasteiger partial charge on any atom is 0.142 e. The van der Waals surface area contributed by atoms with Crippen molar-refractivity contribution in [1.82, 2.24) is 15.1 Å². The zero-order valence-electron chi connectivity index (χ0n) is 19.4. The smallest absolute Gasteiger partial charge is 0.142 e. The first-order valence-corrected chi connectivity index (χ1v) is 13.0. The normalized spacial score (nSPS) is 24.6. The molecule has 4 aliphatic rings. The molecule has 1 aliphatic carbocycles. The summed E-state index contributed by atoms with van der Waals surface area (Å²) >= 11 is 6.78. The van der Waals surface area contributed by atoms with Gasteiger partial charge in [0.05, 0.1) is 41.8 Å². The summed E-state index contributed by atoms with van der Waals surface area (Å²) in [4.78, 5) is 5.16. The van der Waals surface area contributed by atoms with Crippen molar-refractivity contribution in [2.45, 2.75) is 63.1 Å². The minimum atomic E-state index is -0.134. The van der Waals surface area contributed by atoms with Crippen LogP contribution in [0.4, 0.5) is 5.69 Å². The van der Waals surface area contributed by atoms with E-state index >= 15 is 0 Å². The van der Waals surface area contributed by atoms with Gasteiger partial charge in [0.15, 0.2) is 0 Å². The highest BCUT2D eigenvalue weighted by molar-refractivity contribution is 6.34. The third-order valence-electron chi connectivity index (χ3n) is 8.16. The lowest BCUT2D eigenvalue weighted by Crippen LogP contribution is -2.48. The molecule has 1 aromatic heterocycles. The Hall–Kier alpha value is -1.73. The molecule has 2 N–H and O–H groups in total. The number of ether oxygens (including phenoxy) is 1. The molecule has 0 radical (unpaired) electrons. The van der Waals surface area contributed by atoms with Crippen LogP contribution in [0.25, 0.3) is 11.0 Å². The molecule has 1 aromatic carbocycles. The number of benzene rings is 1. The van der Waals surface area contributed by atoms with Crippen LogP contribution in [0.3, 0.4) is 0 Å². The second-order valence-corrected chi connectivity index (χ2v) is 10.7. The van der Waals surface area contributed by atoms with Crippen molar-refractivity contribution in [2.75, 3.05) is 44.7 Å². The maximum absolute atomic E-state index is 6.78. The lowest BCUT2D eigenvalue weighted by molar-refractivity contribution is -0.000219. The molecule has 1 saturated carbocycles. The lowest BCUT2D eigenvalue weighted by Gasteiger charge is -2.44. The van der Waals surface area contributed by atoms with E-state index < -0.39 is 0 Å². The van der Waals surface area contributed by atoms with Gasteiger partial charge in [-0.1, -0.05) is 37.4 Å². The molecule has 0 atom stereocenters. The van der Waals surface area contributed by atoms with Gasteiger partial charge in [0, 0.05) is 43.2 Å². The quantitative estimate of drug-likeness (QED) is 0.656. The highest BCUT2D eigenvalue weighted by Gasteiger charge is 2.42. The molecule has 4 heterocycles. The van der Waals surface area contributed by atoms with Crippen molar-refractivity contribution < 1.29 is 9.15 Å². The third kappa shape index (κ3) is 4.05. The van der Waals surface area contributed by atoms with Crippen LogP contribution in [0, 0.1) is 0 Å². The van der Waals surface area contributed by atoms with Gasteiger partial charge >= 0.3 is 0 Å². The number of hydrogen-bond donors (Lipinski definition) is 2. The standard InChI is InChI=1S/C26H35ClN4O2/c1-18-28-24-22(27)16-19-15-21(33-25(19)23(24)26(29-18)7-3-2-4-8-26)17-30-9-5-20(6-10-30)31-11-13-32-14-12-31/h15-16,20,28-29H,1-14,17H2. The van der Waals surface area contributed by atoms with E-state index in [-0.39, 0.29) is 5.54 Å². The Balaban J connectivity index is 1.24. The van der Waals surface area contributed by atoms with Crippen LogP contribution in [0.15, 0.2) is 28.9 Å². The Labute approximate surface area is 201 Å². The van der Waals surface area contributed by atoms with Crippen molar-refractivity contribution in [1.29, 1.82) is 0 Å². The summed E-state index contributed by atoms with van der Waals surface area (Å²) in [5.41, 5.74) is 3.03. The van der Waals surface area contributed by atoms with Gasteiger partial charge in [-0.15, -0.1) is 0 Å². The second kappa shape index (κ2) is 8.81. The van der Waals surface area contributed by atoms with Crippen LogP contribution in [-0.2, 0) is 16.8 Å². The Morgan fingerprint density at radius 2 is 1.82 bits per heavy atom. The molecule has 6 rings (SSSR count). The summed E-state index contributed by atoms with van der Waals surface area (Å²) in [6, 6.07) is 4.95. The Morgan fingerprint density at radius 3 is 2.58 bits per heavy atom. The van der Waals surface area contributed by atoms with Gasteiger partial charge in [-0.25, -0.2) is 0 Å². The molecule has 1 spiro atoms. The minimum Gasteiger partial charge on any atom is -0.459 e. The fourth-order valence-electron chi connectivity index (χ4n) is 6.53. The topological polar surface area (TPSA) is 52.9 Å². The molecule has 2 saturated heterocycles. The van der Waals surface area contributed by atoms with Gasteiger partial charge in [0.1, 0.15) is 11.3 Å². The number of hydrogen-bond acceptors (Lipinski definition) is 6. The van der Waals surface area contributed by atoms with E-state index in [1.807, 2.05) is 0 Å². The number of anilines is 1. The highest BCUT2D eigenvalue weighted by Crippen LogP contribution is 2.49. The summed E-state index contributed by atoms with van der Waals surface area (Å²) < 4.78 is 12.1. The van der Waals surface area contributed by atoms with Gasteiger partial charge in [0.25, 0.3) is 0 Å². The Bertz CT molecular complexity index is 1030. The zero-order chi connectivity index (χ0) is 22.4. The minimum absolute atomic E-state index is 0.134. The van der Waals surface area contributed by atoms with Crippen LogP contribution in [0.1, 0.15) is 56.3 Å². The third-order valence-corrected chi connectivity index (χ3v) is 8.46. The first-order chi connectivity index (χ1) is 16.1. The molecule has 0 amide bonds. The van der Waals surface area contributed by atoms with Crippen LogP contribution >= 0.6 is 11.6 Å². The SMILES string of the molecule is C=C1Nc2c(Cl)cc3cc(CN4CCC(N5CCOCC5)CC4)oc3c2C2(CCCCC2)N1. The molecule has 33 heavy (non-hydrogen) atoms. The van der Waals surface area contributed by atoms with E-state index in [1.165, 1.54) is 37.7 Å². The predicted octanol–water partition coefficient (Wildman–Crippen LogP) is 5.03. The second-order valence-electron chi connectivity index (χ2n) is 10.3. The number of rotatable bonds is 3. The number of furan rings is 1. The average Bonchev–Trinajstić information content (AvgIpc) is 3.22. The van der Waals surface area contributed by atoms with Crippen molar-refractivity contribution in [3.8, 4) is 0 Å². The zero-order valence-corrected chi connectivity index (χ0v) is 20.2. The van der Waals surface area contributed by atoms with Gasteiger partial charge in [-0.3, -0.25) is 9.80 Å². The van der Waals surface area contributed by atoms with Gasteiger partial charge in [-0.2, -0.15) is 0 Å². The fourth-order valence-corrected chi connectivity index (χ4v) is 6.79. The number of piperidine rings is 1. The van der Waals surface area contributed by atoms with E-state index in [2.05, 4.69) is 39.1 Å². The van der Waals surface area contributed by atoms with Crippen molar-refractivity contribution in [3.63, 3.8) is 0 Å². The van der Waals surface area contributed by atoms with Gasteiger partial charge in [0.2, 0.25) is 0 Å². The van der Waals surface area contributed by atoms with Crippen LogP contribution in [-0.4, -0.2) is 55.2 Å². The van der Waals surface area contributed by atoms with E-state index in [0.29, 0.717) is 6.04 Å². The summed E-state index contributed by atoms with van der Waals surface area (Å²) in [5, 5.41) is 8.95. The number of nitrogens with zero attached hydrogens (tertiary/aromatic N) is 2. The molecule has 0 bridgehead atoms. The monoisotopic (exact) mass is 470 g/mol. The number of fused-ring (bicyclic) bond motifs is 4. The molecule has 3 aliphatic heterocycles. The number of halogens is 1. The van der Waals surface area contributed by atoms with E-state index in [1.54, 1.807) is 0 Å². The maximum atomic E-state index is 6.78. The molecule has 7 heteroatoms. The van der Waals surface area contributed by atoms with E-state index in [9.17, 15) is 0 Å². The Kier molecular flexibility index (Phi) is 5.81. The number of nitrogens with one attached hydrogen (secondary N) is 2. The summed E-state index contributed by atoms with van der Waals surface area (Å²) in [5.74, 6) is 1.87. The molecule has 6 nitrogen and oxygen atoms in total. The molecule has 178 valence electrons. The van der Waals surface area contributed by atoms with E-state index in [4.69, 9.17) is 20.8 Å². The summed E-state index contributed by atoms with van der Waals surface area (Å²) in [6.07, 6.45) is 8.31. The van der Waals surface area contributed by atoms with Gasteiger partial charge in [-0.05, 0) is 37.8 Å². The van der Waals surface area contributed by atoms with E-state index in [0.717, 1.165) is 92.0 Å². The molecule has 2 aromatic rings. The molecule has 0 unspecified atom stereocenters. The summed E-state index contributed by atoms with van der Waals surface area (Å²) in [6.45, 7) is 11.2. The fraction of sp³-hybridized carbons (Fsp3) is 0.615. The van der Waals surface area contributed by atoms with Crippen molar-refractivity contribution in [3.05, 3.63) is 40.9 Å². The lowest BCUT2D eigenvalue weighted by atomic mass is 9.74. The number of morpholine rings is 1. The number of likely N-dealkylation sites (tertiary alicyclic amines) is 1. The molecular weight excluding hydrogens is 436 g/mol. The summed E-state index contributed by atoms with van der Waals surface area (Å²) in [7, 11) is 0. The van der Waals surface area contributed by atoms with Crippen LogP contribution in [0.2, 0.25) is 5.02 Å². The van der Waals surface area contributed by atoms with Crippen molar-refractivity contribution in [2.24, 2.45) is 0 Å². The van der Waals surface area contributed by atoms with Crippen LogP contribution in [0.5, 0.6) is 0 Å². The molecular formula is C26H35ClN4O2. The Morgan fingerprint density at radius 1 is 1.06 bits per heavy atom.